The zero-order valence-corrected chi connectivity index (χ0v) is 14.6. The molecule has 23 heavy (non-hydrogen) atoms. The number of nitrogens with zero attached hydrogens (tertiary/aromatic N) is 2. The molecule has 0 spiro atoms. The zero-order valence-electron chi connectivity index (χ0n) is 13.8. The number of rotatable bonds is 2. The maximum Gasteiger partial charge on any atom is 0.318 e. The predicted molar refractivity (Wildman–Crippen MR) is 89.6 cm³/mol. The number of urea groups is 1. The summed E-state index contributed by atoms with van der Waals surface area (Å²) < 4.78 is 0. The van der Waals surface area contributed by atoms with Gasteiger partial charge in [-0.05, 0) is 44.4 Å². The van der Waals surface area contributed by atoms with Crippen LogP contribution in [0.1, 0.15) is 45.4 Å². The van der Waals surface area contributed by atoms with E-state index in [1.54, 1.807) is 0 Å². The monoisotopic (exact) mass is 341 g/mol. The number of β-amino-alcohol motifs (C(OH)–C–C–N with tert-alkyl or cyclic N) is 1. The van der Waals surface area contributed by atoms with Crippen LogP contribution < -0.4 is 5.32 Å². The third-order valence-electron chi connectivity index (χ3n) is 6.34. The highest BCUT2D eigenvalue weighted by molar-refractivity contribution is 6.21. The highest BCUT2D eigenvalue weighted by atomic mass is 35.5. The Morgan fingerprint density at radius 3 is 2.48 bits per heavy atom. The van der Waals surface area contributed by atoms with E-state index in [9.17, 15) is 9.90 Å². The van der Waals surface area contributed by atoms with E-state index in [4.69, 9.17) is 11.6 Å². The number of alkyl halides is 1. The van der Waals surface area contributed by atoms with Crippen molar-refractivity contribution in [3.05, 3.63) is 0 Å². The quantitative estimate of drug-likeness (QED) is 0.753. The molecule has 6 atom stereocenters. The van der Waals surface area contributed by atoms with Gasteiger partial charge in [-0.1, -0.05) is 6.92 Å². The molecule has 5 aliphatic rings. The first-order chi connectivity index (χ1) is 11.0. The number of nitrogens with one attached hydrogen (secondary N) is 1. The van der Waals surface area contributed by atoms with E-state index in [0.717, 1.165) is 51.1 Å². The van der Waals surface area contributed by atoms with Crippen molar-refractivity contribution in [1.82, 2.24) is 15.1 Å². The van der Waals surface area contributed by atoms with Crippen molar-refractivity contribution in [2.24, 2.45) is 5.92 Å². The van der Waals surface area contributed by atoms with Crippen LogP contribution in [0.2, 0.25) is 0 Å². The molecule has 5 rings (SSSR count). The van der Waals surface area contributed by atoms with Crippen molar-refractivity contribution >= 4 is 17.6 Å². The van der Waals surface area contributed by atoms with Gasteiger partial charge in [0.15, 0.2) is 0 Å². The number of amides is 2. The molecule has 6 heteroatoms. The largest absolute Gasteiger partial charge is 0.390 e. The second-order valence-corrected chi connectivity index (χ2v) is 8.74. The van der Waals surface area contributed by atoms with E-state index >= 15 is 0 Å². The van der Waals surface area contributed by atoms with Crippen LogP contribution in [0.25, 0.3) is 0 Å². The molecular weight excluding hydrogens is 314 g/mol. The lowest BCUT2D eigenvalue weighted by Gasteiger charge is -2.55. The fourth-order valence-corrected chi connectivity index (χ4v) is 5.49. The molecule has 130 valence electrons. The second-order valence-electron chi connectivity index (χ2n) is 8.18. The summed E-state index contributed by atoms with van der Waals surface area (Å²) in [6, 6.07) is 1.58. The average molecular weight is 342 g/mol. The molecule has 0 aromatic heterocycles. The maximum absolute atomic E-state index is 12.6. The van der Waals surface area contributed by atoms with E-state index in [0.29, 0.717) is 12.1 Å². The Morgan fingerprint density at radius 1 is 1.13 bits per heavy atom. The number of carbonyl (C=O) groups excluding carboxylic acids is 1. The smallest absolute Gasteiger partial charge is 0.318 e. The molecular formula is C17H28ClN3O2. The van der Waals surface area contributed by atoms with Crippen LogP contribution in [-0.2, 0) is 0 Å². The average Bonchev–Trinajstić information content (AvgIpc) is 2.45. The molecule has 0 aromatic carbocycles. The number of fused-ring (bicyclic) bond motifs is 2. The molecule has 5 nitrogen and oxygen atoms in total. The van der Waals surface area contributed by atoms with Crippen molar-refractivity contribution in [2.75, 3.05) is 13.1 Å². The summed E-state index contributed by atoms with van der Waals surface area (Å²) in [6.07, 6.45) is 6.13. The van der Waals surface area contributed by atoms with Crippen LogP contribution in [-0.4, -0.2) is 69.7 Å². The fourth-order valence-electron chi connectivity index (χ4n) is 5.10. The van der Waals surface area contributed by atoms with E-state index in [-0.39, 0.29) is 29.6 Å². The molecule has 2 aliphatic carbocycles. The van der Waals surface area contributed by atoms with Crippen molar-refractivity contribution in [1.29, 1.82) is 0 Å². The van der Waals surface area contributed by atoms with Gasteiger partial charge in [-0.25, -0.2) is 4.79 Å². The standard InChI is InChI=1S/C17H28ClN3O2/c1-10-4-12-7-13(5-10)21(12)17(23)19-11-2-3-15(18)16(6-11)20-8-14(22)9-20/h10-16,22H,2-9H2,1H3,(H,19,23)/t10?,11?,12-,13?,15?,16?/m1/s1. The van der Waals surface area contributed by atoms with Crippen LogP contribution in [0.15, 0.2) is 0 Å². The Bertz CT molecular complexity index is 459. The Morgan fingerprint density at radius 2 is 1.83 bits per heavy atom. The maximum atomic E-state index is 12.6. The summed E-state index contributed by atoms with van der Waals surface area (Å²) in [5.74, 6) is 0.761. The van der Waals surface area contributed by atoms with Gasteiger partial charge in [-0.3, -0.25) is 4.90 Å². The minimum absolute atomic E-state index is 0.138. The van der Waals surface area contributed by atoms with Crippen LogP contribution in [0, 0.1) is 5.92 Å². The molecule has 3 heterocycles. The highest BCUT2D eigenvalue weighted by Crippen LogP contribution is 2.41. The summed E-state index contributed by atoms with van der Waals surface area (Å²) in [5.41, 5.74) is 0. The third-order valence-corrected chi connectivity index (χ3v) is 6.84. The Kier molecular flexibility index (Phi) is 4.23. The highest BCUT2D eigenvalue weighted by Gasteiger charge is 2.47. The van der Waals surface area contributed by atoms with Crippen molar-refractivity contribution in [3.63, 3.8) is 0 Å². The van der Waals surface area contributed by atoms with Crippen LogP contribution in [0.5, 0.6) is 0 Å². The topological polar surface area (TPSA) is 55.8 Å². The Balaban J connectivity index is 1.31. The first kappa shape index (κ1) is 16.0. The molecule has 5 unspecified atom stereocenters. The number of aliphatic hydroxyl groups excluding tert-OH is 1. The van der Waals surface area contributed by atoms with E-state index in [1.807, 2.05) is 0 Å². The third kappa shape index (κ3) is 2.96. The van der Waals surface area contributed by atoms with Crippen molar-refractivity contribution in [3.8, 4) is 0 Å². The minimum Gasteiger partial charge on any atom is -0.390 e. The molecule has 2 N–H and O–H groups in total. The van der Waals surface area contributed by atoms with E-state index in [2.05, 4.69) is 22.0 Å². The summed E-state index contributed by atoms with van der Waals surface area (Å²) in [5, 5.41) is 12.9. The number of aliphatic hydroxyl groups is 1. The SMILES string of the molecule is CC1CC2C[C@@H](C1)N2C(=O)NC1CCC(Cl)C(N2CC(O)C2)C1. The molecule has 3 saturated heterocycles. The Labute approximate surface area is 143 Å². The van der Waals surface area contributed by atoms with Gasteiger partial charge in [-0.2, -0.15) is 0 Å². The number of carbonyl (C=O) groups is 1. The van der Waals surface area contributed by atoms with E-state index in [1.165, 1.54) is 6.42 Å². The summed E-state index contributed by atoms with van der Waals surface area (Å²) in [7, 11) is 0. The molecule has 2 bridgehead atoms. The van der Waals surface area contributed by atoms with Crippen LogP contribution >= 0.6 is 11.6 Å². The number of hydrogen-bond acceptors (Lipinski definition) is 3. The van der Waals surface area contributed by atoms with Gasteiger partial charge in [0.2, 0.25) is 0 Å². The van der Waals surface area contributed by atoms with Gasteiger partial charge in [0, 0.05) is 42.6 Å². The van der Waals surface area contributed by atoms with Crippen LogP contribution in [0.4, 0.5) is 4.79 Å². The number of likely N-dealkylation sites (tertiary alicyclic amines) is 1. The summed E-state index contributed by atoms with van der Waals surface area (Å²) in [4.78, 5) is 17.0. The van der Waals surface area contributed by atoms with E-state index < -0.39 is 0 Å². The number of piperidine rings is 1. The first-order valence-corrected chi connectivity index (χ1v) is 9.60. The zero-order chi connectivity index (χ0) is 16.1. The normalized spacial score (nSPS) is 44.4. The van der Waals surface area contributed by atoms with Gasteiger partial charge in [0.1, 0.15) is 0 Å². The first-order valence-electron chi connectivity index (χ1n) is 9.16. The van der Waals surface area contributed by atoms with Gasteiger partial charge in [0.05, 0.1) is 6.10 Å². The molecule has 3 aliphatic heterocycles. The van der Waals surface area contributed by atoms with Gasteiger partial charge in [-0.15, -0.1) is 11.6 Å². The summed E-state index contributed by atoms with van der Waals surface area (Å²) >= 11 is 6.49. The number of halogens is 1. The molecule has 0 aromatic rings. The fraction of sp³-hybridized carbons (Fsp3) is 0.941. The lowest BCUT2D eigenvalue weighted by Crippen LogP contribution is -2.66. The van der Waals surface area contributed by atoms with Gasteiger partial charge < -0.3 is 15.3 Å². The molecule has 0 radical (unpaired) electrons. The lowest BCUT2D eigenvalue weighted by molar-refractivity contribution is -0.0363. The molecule has 2 amide bonds. The Hall–Kier alpha value is -0.520. The summed E-state index contributed by atoms with van der Waals surface area (Å²) in [6.45, 7) is 3.74. The molecule has 5 fully saturated rings. The second kappa shape index (κ2) is 6.08. The number of hydrogen-bond donors (Lipinski definition) is 2. The molecule has 2 saturated carbocycles. The van der Waals surface area contributed by atoms with Crippen molar-refractivity contribution < 1.29 is 9.90 Å². The minimum atomic E-state index is -0.198. The lowest BCUT2D eigenvalue weighted by atomic mass is 9.74. The van der Waals surface area contributed by atoms with Crippen LogP contribution in [0.3, 0.4) is 0 Å². The van der Waals surface area contributed by atoms with Gasteiger partial charge >= 0.3 is 6.03 Å². The van der Waals surface area contributed by atoms with Gasteiger partial charge in [0.25, 0.3) is 0 Å². The predicted octanol–water partition coefficient (Wildman–Crippen LogP) is 1.77. The van der Waals surface area contributed by atoms with Crippen molar-refractivity contribution in [2.45, 2.75) is 81.1 Å².